The van der Waals surface area contributed by atoms with Crippen LogP contribution in [0.15, 0.2) is 48.5 Å². The van der Waals surface area contributed by atoms with Crippen LogP contribution in [-0.4, -0.2) is 5.78 Å². The standard InChI is InChI=1S/C15H12ClIO/c16-15-4-2-1-3-12(15)10-14(18)9-11-5-7-13(17)8-6-11/h1-8H,9-10H2. The molecule has 1 nitrogen and oxygen atoms in total. The molecule has 0 aliphatic heterocycles. The molecular weight excluding hydrogens is 359 g/mol. The van der Waals surface area contributed by atoms with Crippen LogP contribution >= 0.6 is 34.2 Å². The van der Waals surface area contributed by atoms with E-state index in [0.29, 0.717) is 17.9 Å². The van der Waals surface area contributed by atoms with E-state index in [2.05, 4.69) is 22.6 Å². The van der Waals surface area contributed by atoms with Crippen LogP contribution < -0.4 is 0 Å². The predicted molar refractivity (Wildman–Crippen MR) is 83.0 cm³/mol. The van der Waals surface area contributed by atoms with Crippen LogP contribution in [0.5, 0.6) is 0 Å². The lowest BCUT2D eigenvalue weighted by Crippen LogP contribution is -2.06. The minimum absolute atomic E-state index is 0.185. The number of hydrogen-bond acceptors (Lipinski definition) is 1. The van der Waals surface area contributed by atoms with Crippen molar-refractivity contribution >= 4 is 40.0 Å². The third kappa shape index (κ3) is 3.82. The molecule has 0 aromatic heterocycles. The summed E-state index contributed by atoms with van der Waals surface area (Å²) in [6.45, 7) is 0. The Bertz CT molecular complexity index is 549. The summed E-state index contributed by atoms with van der Waals surface area (Å²) in [5.41, 5.74) is 1.95. The topological polar surface area (TPSA) is 17.1 Å². The zero-order valence-corrected chi connectivity index (χ0v) is 12.6. The molecule has 18 heavy (non-hydrogen) atoms. The average molecular weight is 371 g/mol. The van der Waals surface area contributed by atoms with Gasteiger partial charge >= 0.3 is 0 Å². The number of carbonyl (C=O) groups excluding carboxylic acids is 1. The van der Waals surface area contributed by atoms with Crippen LogP contribution in [0, 0.1) is 3.57 Å². The molecule has 0 saturated carbocycles. The van der Waals surface area contributed by atoms with E-state index in [-0.39, 0.29) is 5.78 Å². The van der Waals surface area contributed by atoms with Gasteiger partial charge in [-0.1, -0.05) is 41.9 Å². The molecule has 0 aliphatic rings. The van der Waals surface area contributed by atoms with Crippen molar-refractivity contribution in [1.29, 1.82) is 0 Å². The Morgan fingerprint density at radius 1 is 1.00 bits per heavy atom. The minimum atomic E-state index is 0.185. The lowest BCUT2D eigenvalue weighted by molar-refractivity contribution is -0.117. The second-order valence-electron chi connectivity index (χ2n) is 4.11. The summed E-state index contributed by atoms with van der Waals surface area (Å²) in [4.78, 5) is 12.0. The third-order valence-electron chi connectivity index (χ3n) is 2.66. The normalized spacial score (nSPS) is 10.3. The van der Waals surface area contributed by atoms with Gasteiger partial charge in [-0.05, 0) is 51.9 Å². The predicted octanol–water partition coefficient (Wildman–Crippen LogP) is 4.30. The van der Waals surface area contributed by atoms with Crippen LogP contribution in [0.2, 0.25) is 5.02 Å². The monoisotopic (exact) mass is 370 g/mol. The number of rotatable bonds is 4. The molecule has 2 rings (SSSR count). The highest BCUT2D eigenvalue weighted by atomic mass is 127. The van der Waals surface area contributed by atoms with Crippen molar-refractivity contribution in [2.45, 2.75) is 12.8 Å². The van der Waals surface area contributed by atoms with Gasteiger partial charge in [-0.25, -0.2) is 0 Å². The van der Waals surface area contributed by atoms with Gasteiger partial charge in [0.2, 0.25) is 0 Å². The van der Waals surface area contributed by atoms with E-state index in [9.17, 15) is 4.79 Å². The van der Waals surface area contributed by atoms with E-state index in [1.165, 1.54) is 3.57 Å². The first-order valence-electron chi connectivity index (χ1n) is 5.65. The molecule has 2 aromatic rings. The number of halogens is 2. The quantitative estimate of drug-likeness (QED) is 0.734. The Morgan fingerprint density at radius 3 is 2.33 bits per heavy atom. The van der Waals surface area contributed by atoms with Gasteiger partial charge in [0, 0.05) is 21.4 Å². The molecule has 0 radical (unpaired) electrons. The first-order valence-corrected chi connectivity index (χ1v) is 7.10. The van der Waals surface area contributed by atoms with E-state index in [1.54, 1.807) is 0 Å². The van der Waals surface area contributed by atoms with Gasteiger partial charge in [-0.2, -0.15) is 0 Å². The maximum absolute atomic E-state index is 12.0. The van der Waals surface area contributed by atoms with Crippen LogP contribution in [0.4, 0.5) is 0 Å². The zero-order valence-electron chi connectivity index (χ0n) is 9.70. The van der Waals surface area contributed by atoms with Gasteiger partial charge in [0.1, 0.15) is 5.78 Å². The van der Waals surface area contributed by atoms with Crippen molar-refractivity contribution in [2.24, 2.45) is 0 Å². The van der Waals surface area contributed by atoms with Crippen LogP contribution in [0.3, 0.4) is 0 Å². The smallest absolute Gasteiger partial charge is 0.141 e. The summed E-state index contributed by atoms with van der Waals surface area (Å²) in [7, 11) is 0. The fraction of sp³-hybridized carbons (Fsp3) is 0.133. The molecular formula is C15H12ClIO. The number of carbonyl (C=O) groups is 1. The third-order valence-corrected chi connectivity index (χ3v) is 3.75. The van der Waals surface area contributed by atoms with Gasteiger partial charge in [-0.15, -0.1) is 0 Å². The first kappa shape index (κ1) is 13.6. The lowest BCUT2D eigenvalue weighted by Gasteiger charge is -2.04. The number of benzene rings is 2. The van der Waals surface area contributed by atoms with Gasteiger partial charge in [0.25, 0.3) is 0 Å². The minimum Gasteiger partial charge on any atom is -0.299 e. The summed E-state index contributed by atoms with van der Waals surface area (Å²) in [5.74, 6) is 0.185. The molecule has 92 valence electrons. The summed E-state index contributed by atoms with van der Waals surface area (Å²) >= 11 is 8.29. The molecule has 0 atom stereocenters. The Labute approximate surface area is 125 Å². The van der Waals surface area contributed by atoms with Crippen molar-refractivity contribution in [3.8, 4) is 0 Å². The lowest BCUT2D eigenvalue weighted by atomic mass is 10.0. The molecule has 0 bridgehead atoms. The van der Waals surface area contributed by atoms with Crippen molar-refractivity contribution in [1.82, 2.24) is 0 Å². The maximum atomic E-state index is 12.0. The maximum Gasteiger partial charge on any atom is 0.141 e. The highest BCUT2D eigenvalue weighted by molar-refractivity contribution is 14.1. The molecule has 2 aromatic carbocycles. The SMILES string of the molecule is O=C(Cc1ccc(I)cc1)Cc1ccccc1Cl. The van der Waals surface area contributed by atoms with Crippen LogP contribution in [-0.2, 0) is 17.6 Å². The highest BCUT2D eigenvalue weighted by Gasteiger charge is 2.07. The van der Waals surface area contributed by atoms with E-state index < -0.39 is 0 Å². The molecule has 0 fully saturated rings. The van der Waals surface area contributed by atoms with Gasteiger partial charge in [-0.3, -0.25) is 4.79 Å². The summed E-state index contributed by atoms with van der Waals surface area (Å²) in [6, 6.07) is 15.5. The number of hydrogen-bond donors (Lipinski definition) is 0. The summed E-state index contributed by atoms with van der Waals surface area (Å²) in [5, 5.41) is 0.661. The highest BCUT2D eigenvalue weighted by Crippen LogP contribution is 2.16. The Kier molecular flexibility index (Phi) is 4.78. The largest absolute Gasteiger partial charge is 0.299 e. The summed E-state index contributed by atoms with van der Waals surface area (Å²) < 4.78 is 1.18. The second kappa shape index (κ2) is 6.34. The van der Waals surface area contributed by atoms with E-state index in [4.69, 9.17) is 11.6 Å². The fourth-order valence-electron chi connectivity index (χ4n) is 1.75. The molecule has 0 N–H and O–H groups in total. The molecule has 0 heterocycles. The van der Waals surface area contributed by atoms with Crippen LogP contribution in [0.1, 0.15) is 11.1 Å². The van der Waals surface area contributed by atoms with E-state index in [0.717, 1.165) is 11.1 Å². The number of Topliss-reactive ketones (excluding diaryl/α,β-unsaturated/α-hetero) is 1. The molecule has 0 saturated heterocycles. The second-order valence-corrected chi connectivity index (χ2v) is 5.76. The van der Waals surface area contributed by atoms with Crippen LogP contribution in [0.25, 0.3) is 0 Å². The molecule has 0 spiro atoms. The van der Waals surface area contributed by atoms with Crippen molar-refractivity contribution in [2.75, 3.05) is 0 Å². The molecule has 0 amide bonds. The van der Waals surface area contributed by atoms with Crippen molar-refractivity contribution in [3.05, 3.63) is 68.3 Å². The fourth-order valence-corrected chi connectivity index (χ4v) is 2.31. The zero-order chi connectivity index (χ0) is 13.0. The molecule has 0 unspecified atom stereocenters. The van der Waals surface area contributed by atoms with Gasteiger partial charge in [0.05, 0.1) is 0 Å². The Morgan fingerprint density at radius 2 is 1.67 bits per heavy atom. The molecule has 0 aliphatic carbocycles. The Balaban J connectivity index is 2.01. The Hall–Kier alpha value is -0.870. The van der Waals surface area contributed by atoms with Gasteiger partial charge < -0.3 is 0 Å². The molecule has 3 heteroatoms. The van der Waals surface area contributed by atoms with Crippen molar-refractivity contribution in [3.63, 3.8) is 0 Å². The summed E-state index contributed by atoms with van der Waals surface area (Å²) in [6.07, 6.45) is 0.855. The first-order chi connectivity index (χ1) is 8.65. The van der Waals surface area contributed by atoms with Gasteiger partial charge in [0.15, 0.2) is 0 Å². The average Bonchev–Trinajstić information content (AvgIpc) is 2.35. The van der Waals surface area contributed by atoms with E-state index in [1.807, 2.05) is 48.5 Å². The van der Waals surface area contributed by atoms with Crippen molar-refractivity contribution < 1.29 is 4.79 Å². The van der Waals surface area contributed by atoms with E-state index >= 15 is 0 Å². The number of ketones is 1.